The van der Waals surface area contributed by atoms with Crippen LogP contribution < -0.4 is 10.6 Å². The van der Waals surface area contributed by atoms with E-state index in [1.165, 1.54) is 6.20 Å². The van der Waals surface area contributed by atoms with Gasteiger partial charge in [0.1, 0.15) is 11.5 Å². The molecule has 6 nitrogen and oxygen atoms in total. The zero-order valence-electron chi connectivity index (χ0n) is 12.6. The van der Waals surface area contributed by atoms with Crippen molar-refractivity contribution < 1.29 is 18.0 Å². The zero-order valence-corrected chi connectivity index (χ0v) is 12.6. The Kier molecular flexibility index (Phi) is 4.38. The largest absolute Gasteiger partial charge is 0.417 e. The summed E-state index contributed by atoms with van der Waals surface area (Å²) in [5, 5.41) is 11.7. The van der Waals surface area contributed by atoms with Gasteiger partial charge in [-0.1, -0.05) is 30.3 Å². The number of aromatic nitrogens is 3. The Hall–Kier alpha value is -3.36. The topological polar surface area (TPSA) is 82.7 Å². The molecule has 128 valence electrons. The maximum absolute atomic E-state index is 12.5. The first-order chi connectivity index (χ1) is 11.9. The maximum Gasteiger partial charge on any atom is 0.417 e. The third kappa shape index (κ3) is 3.94. The van der Waals surface area contributed by atoms with Crippen molar-refractivity contribution in [3.8, 4) is 11.3 Å². The van der Waals surface area contributed by atoms with Crippen LogP contribution in [-0.4, -0.2) is 21.2 Å². The molecule has 2 amide bonds. The van der Waals surface area contributed by atoms with E-state index in [1.807, 2.05) is 30.3 Å². The van der Waals surface area contributed by atoms with Crippen molar-refractivity contribution in [1.82, 2.24) is 15.2 Å². The van der Waals surface area contributed by atoms with Crippen LogP contribution in [0.2, 0.25) is 0 Å². The molecule has 3 N–H and O–H groups in total. The highest BCUT2D eigenvalue weighted by Crippen LogP contribution is 2.29. The summed E-state index contributed by atoms with van der Waals surface area (Å²) < 4.78 is 37.5. The number of alkyl halides is 3. The van der Waals surface area contributed by atoms with E-state index >= 15 is 0 Å². The van der Waals surface area contributed by atoms with Gasteiger partial charge in [0.2, 0.25) is 0 Å². The number of rotatable bonds is 3. The molecule has 0 saturated carbocycles. The van der Waals surface area contributed by atoms with Crippen LogP contribution in [0.15, 0.2) is 54.9 Å². The zero-order chi connectivity index (χ0) is 17.9. The average Bonchev–Trinajstić information content (AvgIpc) is 3.03. The lowest BCUT2D eigenvalue weighted by atomic mass is 10.1. The Morgan fingerprint density at radius 3 is 2.44 bits per heavy atom. The molecule has 2 heterocycles. The molecule has 0 saturated heterocycles. The van der Waals surface area contributed by atoms with Gasteiger partial charge in [0.15, 0.2) is 0 Å². The molecule has 2 aromatic heterocycles. The smallest absolute Gasteiger partial charge is 0.304 e. The quantitative estimate of drug-likeness (QED) is 0.666. The van der Waals surface area contributed by atoms with E-state index in [0.717, 1.165) is 17.7 Å². The van der Waals surface area contributed by atoms with E-state index in [9.17, 15) is 18.0 Å². The minimum Gasteiger partial charge on any atom is -0.304 e. The van der Waals surface area contributed by atoms with E-state index in [-0.39, 0.29) is 5.82 Å². The van der Waals surface area contributed by atoms with E-state index in [0.29, 0.717) is 17.6 Å². The summed E-state index contributed by atoms with van der Waals surface area (Å²) >= 11 is 0. The third-order valence-corrected chi connectivity index (χ3v) is 3.27. The first-order valence-electron chi connectivity index (χ1n) is 7.14. The van der Waals surface area contributed by atoms with Gasteiger partial charge in [-0.15, -0.1) is 0 Å². The third-order valence-electron chi connectivity index (χ3n) is 3.27. The maximum atomic E-state index is 12.5. The lowest BCUT2D eigenvalue weighted by Crippen LogP contribution is -2.20. The monoisotopic (exact) mass is 347 g/mol. The molecule has 0 unspecified atom stereocenters. The first-order valence-corrected chi connectivity index (χ1v) is 7.14. The Balaban J connectivity index is 1.69. The summed E-state index contributed by atoms with van der Waals surface area (Å²) in [4.78, 5) is 15.6. The summed E-state index contributed by atoms with van der Waals surface area (Å²) in [6.07, 6.45) is -2.32. The number of nitrogens with one attached hydrogen (secondary N) is 3. The second-order valence-corrected chi connectivity index (χ2v) is 5.02. The summed E-state index contributed by atoms with van der Waals surface area (Å²) in [6, 6.07) is 10.5. The Bertz CT molecular complexity index is 859. The van der Waals surface area contributed by atoms with Crippen LogP contribution >= 0.6 is 0 Å². The number of urea groups is 1. The van der Waals surface area contributed by atoms with Gasteiger partial charge in [0, 0.05) is 18.0 Å². The average molecular weight is 347 g/mol. The lowest BCUT2D eigenvalue weighted by Gasteiger charge is -2.09. The van der Waals surface area contributed by atoms with Gasteiger partial charge >= 0.3 is 12.2 Å². The van der Waals surface area contributed by atoms with Gasteiger partial charge in [-0.05, 0) is 12.1 Å². The van der Waals surface area contributed by atoms with Gasteiger partial charge in [-0.25, -0.2) is 9.78 Å². The van der Waals surface area contributed by atoms with Crippen LogP contribution in [-0.2, 0) is 6.18 Å². The molecule has 1 aromatic carbocycles. The standard InChI is InChI=1S/C16H12F3N5O/c17-16(18,19)11-6-7-13(20-8-11)23-15(25)22-12-9-21-24-14(12)10-4-2-1-3-5-10/h1-9H,(H,21,24)(H2,20,22,23,25). The normalized spacial score (nSPS) is 11.2. The molecule has 0 bridgehead atoms. The predicted molar refractivity (Wildman–Crippen MR) is 85.9 cm³/mol. The van der Waals surface area contributed by atoms with Crippen LogP contribution in [0.5, 0.6) is 0 Å². The molecule has 0 spiro atoms. The molecule has 0 aliphatic carbocycles. The van der Waals surface area contributed by atoms with Crippen LogP contribution in [0.1, 0.15) is 5.56 Å². The summed E-state index contributed by atoms with van der Waals surface area (Å²) in [5.41, 5.74) is 0.873. The molecule has 0 aliphatic heterocycles. The number of amides is 2. The number of benzene rings is 1. The number of carbonyl (C=O) groups is 1. The molecular weight excluding hydrogens is 335 g/mol. The van der Waals surface area contributed by atoms with Gasteiger partial charge in [0.05, 0.1) is 11.3 Å². The number of aromatic amines is 1. The lowest BCUT2D eigenvalue weighted by molar-refractivity contribution is -0.137. The highest BCUT2D eigenvalue weighted by atomic mass is 19.4. The van der Waals surface area contributed by atoms with Crippen molar-refractivity contribution in [2.75, 3.05) is 10.6 Å². The number of hydrogen-bond acceptors (Lipinski definition) is 3. The van der Waals surface area contributed by atoms with Crippen LogP contribution in [0.25, 0.3) is 11.3 Å². The highest BCUT2D eigenvalue weighted by molar-refractivity contribution is 6.01. The van der Waals surface area contributed by atoms with Gasteiger partial charge in [-0.2, -0.15) is 18.3 Å². The van der Waals surface area contributed by atoms with Crippen LogP contribution in [0.3, 0.4) is 0 Å². The number of anilines is 2. The number of carbonyl (C=O) groups excluding carboxylic acids is 1. The van der Waals surface area contributed by atoms with Crippen molar-refractivity contribution in [2.24, 2.45) is 0 Å². The number of halogens is 3. The number of hydrogen-bond donors (Lipinski definition) is 3. The van der Waals surface area contributed by atoms with Gasteiger partial charge in [-0.3, -0.25) is 10.4 Å². The molecule has 25 heavy (non-hydrogen) atoms. The fourth-order valence-corrected chi connectivity index (χ4v) is 2.11. The number of pyridine rings is 1. The molecule has 3 rings (SSSR count). The van der Waals surface area contributed by atoms with Crippen LogP contribution in [0, 0.1) is 0 Å². The van der Waals surface area contributed by atoms with Crippen molar-refractivity contribution in [2.45, 2.75) is 6.18 Å². The van der Waals surface area contributed by atoms with E-state index < -0.39 is 17.8 Å². The molecule has 0 atom stereocenters. The van der Waals surface area contributed by atoms with Crippen molar-refractivity contribution in [3.05, 3.63) is 60.4 Å². The molecule has 0 aliphatic rings. The van der Waals surface area contributed by atoms with Crippen LogP contribution in [0.4, 0.5) is 29.5 Å². The predicted octanol–water partition coefficient (Wildman–Crippen LogP) is 4.13. The fourth-order valence-electron chi connectivity index (χ4n) is 2.11. The van der Waals surface area contributed by atoms with E-state index in [2.05, 4.69) is 25.8 Å². The molecular formula is C16H12F3N5O. The van der Waals surface area contributed by atoms with Gasteiger partial charge in [0.25, 0.3) is 0 Å². The SMILES string of the molecule is O=C(Nc1ccc(C(F)(F)F)cn1)Nc1c[nH]nc1-c1ccccc1. The van der Waals surface area contributed by atoms with Crippen molar-refractivity contribution >= 4 is 17.5 Å². The Morgan fingerprint density at radius 2 is 1.80 bits per heavy atom. The molecule has 9 heteroatoms. The summed E-state index contributed by atoms with van der Waals surface area (Å²) in [5.74, 6) is -0.00439. The second-order valence-electron chi connectivity index (χ2n) is 5.02. The minimum atomic E-state index is -4.48. The number of nitrogens with zero attached hydrogens (tertiary/aromatic N) is 2. The molecule has 0 radical (unpaired) electrons. The van der Waals surface area contributed by atoms with E-state index in [1.54, 1.807) is 0 Å². The van der Waals surface area contributed by atoms with E-state index in [4.69, 9.17) is 0 Å². The Labute approximate surface area is 140 Å². The van der Waals surface area contributed by atoms with Crippen molar-refractivity contribution in [3.63, 3.8) is 0 Å². The van der Waals surface area contributed by atoms with Crippen molar-refractivity contribution in [1.29, 1.82) is 0 Å². The second kappa shape index (κ2) is 6.63. The highest BCUT2D eigenvalue weighted by Gasteiger charge is 2.30. The Morgan fingerprint density at radius 1 is 1.04 bits per heavy atom. The number of H-pyrrole nitrogens is 1. The first kappa shape index (κ1) is 16.5. The van der Waals surface area contributed by atoms with Gasteiger partial charge < -0.3 is 5.32 Å². The summed E-state index contributed by atoms with van der Waals surface area (Å²) in [6.45, 7) is 0. The fraction of sp³-hybridized carbons (Fsp3) is 0.0625. The molecule has 3 aromatic rings. The summed E-state index contributed by atoms with van der Waals surface area (Å²) in [7, 11) is 0. The minimum absolute atomic E-state index is 0.00439. The molecule has 0 fully saturated rings.